The van der Waals surface area contributed by atoms with Gasteiger partial charge in [0.05, 0.1) is 0 Å². The van der Waals surface area contributed by atoms with Crippen LogP contribution in [-0.2, 0) is 9.59 Å². The molecule has 0 aliphatic carbocycles. The van der Waals surface area contributed by atoms with Crippen LogP contribution in [0.3, 0.4) is 0 Å². The number of carbonyl (C=O) groups is 2. The van der Waals surface area contributed by atoms with E-state index >= 15 is 0 Å². The van der Waals surface area contributed by atoms with Crippen molar-refractivity contribution in [2.75, 3.05) is 13.1 Å². The first-order chi connectivity index (χ1) is 10.5. The standard InChI is InChI=1S/C9H9NO3.C7H13NO/c11-8-4-2-1-3-7(8)5-6-9(12)10-13;1-7(9)8-5-3-2-4-6-8/h1-6,11,13H,(H,10,12);2-6H2,1H3/b6-5+;. The zero-order valence-corrected chi connectivity index (χ0v) is 12.7. The number of aromatic hydroxyl groups is 1. The Morgan fingerprint density at radius 1 is 1.18 bits per heavy atom. The van der Waals surface area contributed by atoms with E-state index in [9.17, 15) is 14.7 Å². The van der Waals surface area contributed by atoms with Gasteiger partial charge in [0.1, 0.15) is 5.75 Å². The summed E-state index contributed by atoms with van der Waals surface area (Å²) < 4.78 is 0. The topological polar surface area (TPSA) is 89.9 Å². The van der Waals surface area contributed by atoms with Gasteiger partial charge in [-0.1, -0.05) is 18.2 Å². The average molecular weight is 306 g/mol. The van der Waals surface area contributed by atoms with Crippen molar-refractivity contribution in [2.45, 2.75) is 26.2 Å². The Balaban J connectivity index is 0.000000235. The number of carbonyl (C=O) groups excluding carboxylic acids is 2. The molecule has 2 amide bonds. The molecule has 6 nitrogen and oxygen atoms in total. The van der Waals surface area contributed by atoms with E-state index in [1.807, 2.05) is 4.90 Å². The second-order valence-electron chi connectivity index (χ2n) is 4.93. The number of nitrogens with zero attached hydrogens (tertiary/aromatic N) is 1. The third kappa shape index (κ3) is 6.41. The van der Waals surface area contributed by atoms with Gasteiger partial charge >= 0.3 is 0 Å². The van der Waals surface area contributed by atoms with Gasteiger partial charge in [-0.25, -0.2) is 5.48 Å². The highest BCUT2D eigenvalue weighted by Crippen LogP contribution is 2.16. The number of hydrogen-bond donors (Lipinski definition) is 3. The molecule has 0 saturated carbocycles. The fourth-order valence-corrected chi connectivity index (χ4v) is 2.04. The molecule has 1 aromatic rings. The van der Waals surface area contributed by atoms with Crippen molar-refractivity contribution in [2.24, 2.45) is 0 Å². The fraction of sp³-hybridized carbons (Fsp3) is 0.375. The first-order valence-corrected chi connectivity index (χ1v) is 7.20. The van der Waals surface area contributed by atoms with Crippen LogP contribution in [0.2, 0.25) is 0 Å². The van der Waals surface area contributed by atoms with Gasteiger partial charge in [0.15, 0.2) is 0 Å². The smallest absolute Gasteiger partial charge is 0.267 e. The van der Waals surface area contributed by atoms with Crippen molar-refractivity contribution in [1.29, 1.82) is 0 Å². The summed E-state index contributed by atoms with van der Waals surface area (Å²) in [7, 11) is 0. The van der Waals surface area contributed by atoms with Crippen molar-refractivity contribution in [3.05, 3.63) is 35.9 Å². The third-order valence-electron chi connectivity index (χ3n) is 3.26. The maximum atomic E-state index is 10.7. The highest BCUT2D eigenvalue weighted by Gasteiger charge is 2.10. The molecule has 1 aliphatic heterocycles. The van der Waals surface area contributed by atoms with E-state index in [-0.39, 0.29) is 11.7 Å². The molecular formula is C16H22N2O4. The minimum absolute atomic E-state index is 0.0875. The number of para-hydroxylation sites is 1. The number of benzene rings is 1. The van der Waals surface area contributed by atoms with Crippen molar-refractivity contribution in [3.8, 4) is 5.75 Å². The fourth-order valence-electron chi connectivity index (χ4n) is 2.04. The van der Waals surface area contributed by atoms with Crippen LogP contribution in [0.15, 0.2) is 30.3 Å². The number of likely N-dealkylation sites (tertiary alicyclic amines) is 1. The lowest BCUT2D eigenvalue weighted by Crippen LogP contribution is -2.33. The van der Waals surface area contributed by atoms with Crippen LogP contribution in [0.25, 0.3) is 6.08 Å². The number of rotatable bonds is 2. The Bertz CT molecular complexity index is 523. The maximum Gasteiger partial charge on any atom is 0.267 e. The van der Waals surface area contributed by atoms with E-state index in [1.54, 1.807) is 25.1 Å². The summed E-state index contributed by atoms with van der Waals surface area (Å²) >= 11 is 0. The zero-order valence-electron chi connectivity index (χ0n) is 12.7. The summed E-state index contributed by atoms with van der Waals surface area (Å²) in [4.78, 5) is 23.2. The Hall–Kier alpha value is -2.34. The highest BCUT2D eigenvalue weighted by atomic mass is 16.5. The highest BCUT2D eigenvalue weighted by molar-refractivity contribution is 5.91. The SMILES string of the molecule is CC(=O)N1CCCCC1.O=C(/C=C/c1ccccc1O)NO. The summed E-state index contributed by atoms with van der Waals surface area (Å²) in [5.41, 5.74) is 1.97. The molecule has 6 heteroatoms. The molecule has 1 aromatic carbocycles. The molecule has 1 aliphatic rings. The van der Waals surface area contributed by atoms with E-state index in [0.29, 0.717) is 5.56 Å². The first kappa shape index (κ1) is 17.7. The predicted octanol–water partition coefficient (Wildman–Crippen LogP) is 1.93. The van der Waals surface area contributed by atoms with Gasteiger partial charge in [0, 0.05) is 31.7 Å². The molecule has 0 spiro atoms. The van der Waals surface area contributed by atoms with Crippen LogP contribution in [0, 0.1) is 0 Å². The van der Waals surface area contributed by atoms with E-state index in [2.05, 4.69) is 0 Å². The predicted molar refractivity (Wildman–Crippen MR) is 83.2 cm³/mol. The van der Waals surface area contributed by atoms with Crippen LogP contribution >= 0.6 is 0 Å². The minimum atomic E-state index is -0.636. The van der Waals surface area contributed by atoms with Crippen molar-refractivity contribution < 1.29 is 19.9 Å². The zero-order chi connectivity index (χ0) is 16.4. The number of amides is 2. The summed E-state index contributed by atoms with van der Waals surface area (Å²) in [5, 5.41) is 17.4. The molecule has 0 atom stereocenters. The lowest BCUT2D eigenvalue weighted by Gasteiger charge is -2.24. The number of hydroxylamine groups is 1. The largest absolute Gasteiger partial charge is 0.507 e. The Morgan fingerprint density at radius 3 is 2.32 bits per heavy atom. The molecule has 120 valence electrons. The third-order valence-corrected chi connectivity index (χ3v) is 3.26. The molecule has 0 aromatic heterocycles. The normalized spacial score (nSPS) is 14.2. The summed E-state index contributed by atoms with van der Waals surface area (Å²) in [6.45, 7) is 3.61. The van der Waals surface area contributed by atoms with E-state index in [1.165, 1.54) is 36.9 Å². The number of piperidine rings is 1. The van der Waals surface area contributed by atoms with Gasteiger partial charge in [-0.2, -0.15) is 0 Å². The lowest BCUT2D eigenvalue weighted by atomic mass is 10.1. The van der Waals surface area contributed by atoms with Gasteiger partial charge in [0.25, 0.3) is 5.91 Å². The molecule has 0 unspecified atom stereocenters. The molecule has 0 bridgehead atoms. The maximum absolute atomic E-state index is 10.7. The van der Waals surface area contributed by atoms with Crippen LogP contribution in [0.5, 0.6) is 5.75 Å². The minimum Gasteiger partial charge on any atom is -0.507 e. The van der Waals surface area contributed by atoms with E-state index < -0.39 is 5.91 Å². The molecule has 2 rings (SSSR count). The van der Waals surface area contributed by atoms with Gasteiger partial charge in [-0.3, -0.25) is 14.8 Å². The van der Waals surface area contributed by atoms with E-state index in [4.69, 9.17) is 5.21 Å². The van der Waals surface area contributed by atoms with E-state index in [0.717, 1.165) is 19.2 Å². The van der Waals surface area contributed by atoms with Crippen molar-refractivity contribution >= 4 is 17.9 Å². The van der Waals surface area contributed by atoms with Crippen molar-refractivity contribution in [3.63, 3.8) is 0 Å². The van der Waals surface area contributed by atoms with Crippen molar-refractivity contribution in [1.82, 2.24) is 10.4 Å². The monoisotopic (exact) mass is 306 g/mol. The van der Waals surface area contributed by atoms with Gasteiger partial charge in [-0.05, 0) is 31.4 Å². The molecule has 1 fully saturated rings. The van der Waals surface area contributed by atoms with Crippen LogP contribution < -0.4 is 5.48 Å². The van der Waals surface area contributed by atoms with Gasteiger partial charge < -0.3 is 10.0 Å². The number of phenols is 1. The number of nitrogens with one attached hydrogen (secondary N) is 1. The van der Waals surface area contributed by atoms with Crippen LogP contribution in [0.1, 0.15) is 31.7 Å². The summed E-state index contributed by atoms with van der Waals surface area (Å²) in [5.74, 6) is -0.317. The quantitative estimate of drug-likeness (QED) is 0.442. The molecule has 0 radical (unpaired) electrons. The second-order valence-corrected chi connectivity index (χ2v) is 4.93. The average Bonchev–Trinajstić information content (AvgIpc) is 2.55. The summed E-state index contributed by atoms with van der Waals surface area (Å²) in [6.07, 6.45) is 6.21. The number of hydrogen-bond acceptors (Lipinski definition) is 4. The van der Waals surface area contributed by atoms with Gasteiger partial charge in [0.2, 0.25) is 5.91 Å². The number of phenolic OH excluding ortho intramolecular Hbond substituents is 1. The molecule has 1 saturated heterocycles. The molecule has 22 heavy (non-hydrogen) atoms. The van der Waals surface area contributed by atoms with Crippen LogP contribution in [-0.4, -0.2) is 40.1 Å². The van der Waals surface area contributed by atoms with Gasteiger partial charge in [-0.15, -0.1) is 0 Å². The Morgan fingerprint density at radius 2 is 1.82 bits per heavy atom. The Labute approximate surface area is 130 Å². The lowest BCUT2D eigenvalue weighted by molar-refractivity contribution is -0.129. The van der Waals surface area contributed by atoms with Crippen LogP contribution in [0.4, 0.5) is 0 Å². The second kappa shape index (κ2) is 9.57. The molecular weight excluding hydrogens is 284 g/mol. The first-order valence-electron chi connectivity index (χ1n) is 7.20. The molecule has 1 heterocycles. The summed E-state index contributed by atoms with van der Waals surface area (Å²) in [6, 6.07) is 6.57. The molecule has 3 N–H and O–H groups in total. The Kier molecular flexibility index (Phi) is 7.70.